The minimum atomic E-state index is -0.835. The van der Waals surface area contributed by atoms with Crippen LogP contribution in [0.25, 0.3) is 0 Å². The molecule has 2 aromatic carbocycles. The van der Waals surface area contributed by atoms with Gasteiger partial charge in [-0.05, 0) is 42.7 Å². The summed E-state index contributed by atoms with van der Waals surface area (Å²) in [6.45, 7) is 0. The van der Waals surface area contributed by atoms with Crippen LogP contribution in [0.2, 0.25) is 0 Å². The first-order valence-corrected chi connectivity index (χ1v) is 6.78. The molecule has 2 aromatic rings. The van der Waals surface area contributed by atoms with Crippen LogP contribution in [-0.2, 0) is 6.42 Å². The molecule has 1 unspecified atom stereocenters. The molecule has 0 aliphatic heterocycles. The van der Waals surface area contributed by atoms with Crippen LogP contribution in [0.5, 0.6) is 11.5 Å². The SMILES string of the molecule is COc1ccc(CCC(O)c2ccc(OC)cc2F)cc1. The van der Waals surface area contributed by atoms with Crippen molar-refractivity contribution in [3.8, 4) is 11.5 Å². The maximum atomic E-state index is 13.9. The lowest BCUT2D eigenvalue weighted by molar-refractivity contribution is 0.163. The van der Waals surface area contributed by atoms with Crippen molar-refractivity contribution in [1.29, 1.82) is 0 Å². The first-order chi connectivity index (χ1) is 10.1. The number of benzene rings is 2. The highest BCUT2D eigenvalue weighted by Gasteiger charge is 2.13. The first kappa shape index (κ1) is 15.3. The third-order valence-electron chi connectivity index (χ3n) is 3.43. The zero-order valence-corrected chi connectivity index (χ0v) is 12.2. The van der Waals surface area contributed by atoms with Gasteiger partial charge in [0.25, 0.3) is 0 Å². The highest BCUT2D eigenvalue weighted by atomic mass is 19.1. The van der Waals surface area contributed by atoms with Crippen LogP contribution in [0.15, 0.2) is 42.5 Å². The van der Waals surface area contributed by atoms with Gasteiger partial charge in [0.2, 0.25) is 0 Å². The Kier molecular flexibility index (Phi) is 5.17. The summed E-state index contributed by atoms with van der Waals surface area (Å²) in [4.78, 5) is 0. The topological polar surface area (TPSA) is 38.7 Å². The number of methoxy groups -OCH3 is 2. The van der Waals surface area contributed by atoms with Crippen molar-refractivity contribution in [1.82, 2.24) is 0 Å². The van der Waals surface area contributed by atoms with E-state index < -0.39 is 11.9 Å². The normalized spacial score (nSPS) is 12.0. The molecule has 0 aliphatic rings. The van der Waals surface area contributed by atoms with Gasteiger partial charge >= 0.3 is 0 Å². The molecule has 0 bridgehead atoms. The van der Waals surface area contributed by atoms with Crippen molar-refractivity contribution >= 4 is 0 Å². The molecule has 0 saturated carbocycles. The van der Waals surface area contributed by atoms with Gasteiger partial charge in [-0.3, -0.25) is 0 Å². The van der Waals surface area contributed by atoms with E-state index in [-0.39, 0.29) is 0 Å². The number of aryl methyl sites for hydroxylation is 1. The van der Waals surface area contributed by atoms with Crippen LogP contribution in [0.1, 0.15) is 23.7 Å². The number of hydrogen-bond donors (Lipinski definition) is 1. The zero-order chi connectivity index (χ0) is 15.2. The molecule has 21 heavy (non-hydrogen) atoms. The fourth-order valence-electron chi connectivity index (χ4n) is 2.16. The smallest absolute Gasteiger partial charge is 0.132 e. The lowest BCUT2D eigenvalue weighted by atomic mass is 10.0. The quantitative estimate of drug-likeness (QED) is 0.885. The third kappa shape index (κ3) is 3.95. The predicted octanol–water partition coefficient (Wildman–Crippen LogP) is 3.51. The van der Waals surface area contributed by atoms with Gasteiger partial charge in [0.05, 0.1) is 20.3 Å². The molecule has 3 nitrogen and oxygen atoms in total. The van der Waals surface area contributed by atoms with Gasteiger partial charge in [-0.15, -0.1) is 0 Å². The van der Waals surface area contributed by atoms with Crippen LogP contribution in [0.4, 0.5) is 4.39 Å². The first-order valence-electron chi connectivity index (χ1n) is 6.78. The maximum Gasteiger partial charge on any atom is 0.132 e. The number of hydrogen-bond acceptors (Lipinski definition) is 3. The van der Waals surface area contributed by atoms with Crippen molar-refractivity contribution in [3.05, 3.63) is 59.4 Å². The summed E-state index contributed by atoms with van der Waals surface area (Å²) in [6.07, 6.45) is 0.282. The molecule has 0 saturated heterocycles. The molecule has 0 radical (unpaired) electrons. The number of aliphatic hydroxyl groups is 1. The predicted molar refractivity (Wildman–Crippen MR) is 79.2 cm³/mol. The molecule has 0 aromatic heterocycles. The monoisotopic (exact) mass is 290 g/mol. The fraction of sp³-hybridized carbons (Fsp3) is 0.294. The highest BCUT2D eigenvalue weighted by Crippen LogP contribution is 2.25. The summed E-state index contributed by atoms with van der Waals surface area (Å²) >= 11 is 0. The Morgan fingerprint density at radius 2 is 1.62 bits per heavy atom. The summed E-state index contributed by atoms with van der Waals surface area (Å²) in [7, 11) is 3.10. The molecule has 0 fully saturated rings. The fourth-order valence-corrected chi connectivity index (χ4v) is 2.16. The summed E-state index contributed by atoms with van der Waals surface area (Å²) in [5.74, 6) is 0.788. The second-order valence-corrected chi connectivity index (χ2v) is 4.79. The Labute approximate surface area is 124 Å². The highest BCUT2D eigenvalue weighted by molar-refractivity contribution is 5.31. The maximum absolute atomic E-state index is 13.9. The van der Waals surface area contributed by atoms with Crippen LogP contribution in [0, 0.1) is 5.82 Å². The lowest BCUT2D eigenvalue weighted by Crippen LogP contribution is -2.03. The number of rotatable bonds is 6. The van der Waals surface area contributed by atoms with E-state index in [1.807, 2.05) is 24.3 Å². The van der Waals surface area contributed by atoms with E-state index in [1.54, 1.807) is 19.2 Å². The van der Waals surface area contributed by atoms with Gasteiger partial charge in [0, 0.05) is 11.6 Å². The van der Waals surface area contributed by atoms with E-state index in [0.717, 1.165) is 11.3 Å². The molecule has 1 N–H and O–H groups in total. The van der Waals surface area contributed by atoms with Gasteiger partial charge < -0.3 is 14.6 Å². The Morgan fingerprint density at radius 1 is 1.00 bits per heavy atom. The summed E-state index contributed by atoms with van der Waals surface area (Å²) in [5, 5.41) is 10.1. The zero-order valence-electron chi connectivity index (χ0n) is 12.2. The molecular weight excluding hydrogens is 271 g/mol. The van der Waals surface area contributed by atoms with E-state index >= 15 is 0 Å². The molecular formula is C17H19FO3. The van der Waals surface area contributed by atoms with E-state index in [9.17, 15) is 9.50 Å². The third-order valence-corrected chi connectivity index (χ3v) is 3.43. The Balaban J connectivity index is 1.99. The average Bonchev–Trinajstić information content (AvgIpc) is 2.52. The van der Waals surface area contributed by atoms with E-state index in [1.165, 1.54) is 13.2 Å². The summed E-state index contributed by atoms with van der Waals surface area (Å²) in [5.41, 5.74) is 1.37. The molecule has 112 valence electrons. The van der Waals surface area contributed by atoms with Crippen molar-refractivity contribution in [3.63, 3.8) is 0 Å². The van der Waals surface area contributed by atoms with Gasteiger partial charge in [-0.2, -0.15) is 0 Å². The van der Waals surface area contributed by atoms with Crippen molar-refractivity contribution in [2.45, 2.75) is 18.9 Å². The van der Waals surface area contributed by atoms with E-state index in [4.69, 9.17) is 9.47 Å². The van der Waals surface area contributed by atoms with Crippen LogP contribution in [0.3, 0.4) is 0 Å². The minimum Gasteiger partial charge on any atom is -0.497 e. The second-order valence-electron chi connectivity index (χ2n) is 4.79. The number of aliphatic hydroxyl groups excluding tert-OH is 1. The Morgan fingerprint density at radius 3 is 2.19 bits per heavy atom. The van der Waals surface area contributed by atoms with Crippen molar-refractivity contribution < 1.29 is 19.0 Å². The van der Waals surface area contributed by atoms with Crippen LogP contribution >= 0.6 is 0 Å². The average molecular weight is 290 g/mol. The van der Waals surface area contributed by atoms with E-state index in [2.05, 4.69) is 0 Å². The molecule has 0 heterocycles. The molecule has 2 rings (SSSR count). The molecule has 1 atom stereocenters. The minimum absolute atomic E-state index is 0.296. The van der Waals surface area contributed by atoms with Gasteiger partial charge in [0.1, 0.15) is 17.3 Å². The molecule has 4 heteroatoms. The second kappa shape index (κ2) is 7.09. The standard InChI is InChI=1S/C17H19FO3/c1-20-13-6-3-12(4-7-13)5-10-17(19)15-9-8-14(21-2)11-16(15)18/h3-4,6-9,11,17,19H,5,10H2,1-2H3. The molecule has 0 aliphatic carbocycles. The summed E-state index contributed by atoms with van der Waals surface area (Å²) < 4.78 is 23.9. The van der Waals surface area contributed by atoms with Crippen LogP contribution < -0.4 is 9.47 Å². The Bertz CT molecular complexity index is 581. The van der Waals surface area contributed by atoms with Crippen molar-refractivity contribution in [2.24, 2.45) is 0 Å². The lowest BCUT2D eigenvalue weighted by Gasteiger charge is -2.13. The molecule has 0 spiro atoms. The van der Waals surface area contributed by atoms with Gasteiger partial charge in [0.15, 0.2) is 0 Å². The number of ether oxygens (including phenoxy) is 2. The largest absolute Gasteiger partial charge is 0.497 e. The van der Waals surface area contributed by atoms with Crippen LogP contribution in [-0.4, -0.2) is 19.3 Å². The number of halogens is 1. The Hall–Kier alpha value is -2.07. The van der Waals surface area contributed by atoms with Gasteiger partial charge in [-0.1, -0.05) is 12.1 Å². The van der Waals surface area contributed by atoms with Crippen molar-refractivity contribution in [2.75, 3.05) is 14.2 Å². The molecule has 0 amide bonds. The van der Waals surface area contributed by atoms with E-state index in [0.29, 0.717) is 24.2 Å². The summed E-state index contributed by atoms with van der Waals surface area (Å²) in [6, 6.07) is 12.1. The van der Waals surface area contributed by atoms with Gasteiger partial charge in [-0.25, -0.2) is 4.39 Å².